The maximum Gasteiger partial charge on any atom is 0.227 e. The van der Waals surface area contributed by atoms with Crippen molar-refractivity contribution in [3.63, 3.8) is 0 Å². The Labute approximate surface area is 139 Å². The average molecular weight is 335 g/mol. The van der Waals surface area contributed by atoms with Gasteiger partial charge in [0.15, 0.2) is 11.0 Å². The summed E-state index contributed by atoms with van der Waals surface area (Å²) in [7, 11) is 1.64. The van der Waals surface area contributed by atoms with Crippen LogP contribution in [0.3, 0.4) is 0 Å². The predicted octanol–water partition coefficient (Wildman–Crippen LogP) is 2.06. The van der Waals surface area contributed by atoms with E-state index in [1.165, 1.54) is 11.8 Å². The number of carbonyl (C=O) groups is 1. The molecular formula is C15H21N5O2S. The molecule has 124 valence electrons. The molecule has 0 bridgehead atoms. The Balaban J connectivity index is 2.18. The molecule has 1 aromatic heterocycles. The standard InChI is InChI=1S/C15H21N5O2S/c1-4-20-14(18-19-15(20)23-9-13(16)21)10(2)17-11-7-5-6-8-12(11)22-3/h5-8,10,17H,4,9H2,1-3H3,(H2,16,21)/t10-/m1/s1. The van der Waals surface area contributed by atoms with E-state index < -0.39 is 0 Å². The number of nitrogens with one attached hydrogen (secondary N) is 1. The molecule has 2 rings (SSSR count). The Bertz CT molecular complexity index is 674. The zero-order valence-corrected chi connectivity index (χ0v) is 14.3. The first-order valence-corrected chi connectivity index (χ1v) is 8.29. The zero-order valence-electron chi connectivity index (χ0n) is 13.4. The van der Waals surface area contributed by atoms with Gasteiger partial charge in [-0.3, -0.25) is 4.79 Å². The summed E-state index contributed by atoms with van der Waals surface area (Å²) >= 11 is 1.29. The number of hydrogen-bond acceptors (Lipinski definition) is 6. The summed E-state index contributed by atoms with van der Waals surface area (Å²) in [5.74, 6) is 1.38. The van der Waals surface area contributed by atoms with Crippen molar-refractivity contribution in [1.82, 2.24) is 14.8 Å². The Hall–Kier alpha value is -2.22. The molecule has 0 aliphatic heterocycles. The van der Waals surface area contributed by atoms with Crippen molar-refractivity contribution in [3.8, 4) is 5.75 Å². The molecule has 2 aromatic rings. The molecule has 0 unspecified atom stereocenters. The van der Waals surface area contributed by atoms with Crippen molar-refractivity contribution in [2.24, 2.45) is 5.73 Å². The number of carbonyl (C=O) groups excluding carboxylic acids is 1. The number of anilines is 1. The number of ether oxygens (including phenoxy) is 1. The SMILES string of the molecule is CCn1c(SCC(N)=O)nnc1[C@@H](C)Nc1ccccc1OC. The van der Waals surface area contributed by atoms with E-state index in [2.05, 4.69) is 15.5 Å². The van der Waals surface area contributed by atoms with Crippen LogP contribution < -0.4 is 15.8 Å². The fourth-order valence-electron chi connectivity index (χ4n) is 2.22. The van der Waals surface area contributed by atoms with E-state index in [4.69, 9.17) is 10.5 Å². The maximum absolute atomic E-state index is 10.9. The molecule has 0 radical (unpaired) electrons. The number of para-hydroxylation sites is 2. The third-order valence-corrected chi connectivity index (χ3v) is 4.26. The number of thioether (sulfide) groups is 1. The fourth-order valence-corrected chi connectivity index (χ4v) is 2.97. The first-order valence-electron chi connectivity index (χ1n) is 7.30. The van der Waals surface area contributed by atoms with Crippen LogP contribution >= 0.6 is 11.8 Å². The summed E-state index contributed by atoms with van der Waals surface area (Å²) in [4.78, 5) is 10.9. The molecule has 1 heterocycles. The van der Waals surface area contributed by atoms with Crippen LogP contribution in [-0.2, 0) is 11.3 Å². The van der Waals surface area contributed by atoms with Gasteiger partial charge in [-0.2, -0.15) is 0 Å². The lowest BCUT2D eigenvalue weighted by molar-refractivity contribution is -0.115. The number of primary amides is 1. The van der Waals surface area contributed by atoms with Gasteiger partial charge in [0.25, 0.3) is 0 Å². The molecule has 3 N–H and O–H groups in total. The Morgan fingerprint density at radius 2 is 2.17 bits per heavy atom. The van der Waals surface area contributed by atoms with Gasteiger partial charge in [0, 0.05) is 6.54 Å². The predicted molar refractivity (Wildman–Crippen MR) is 90.6 cm³/mol. The second kappa shape index (κ2) is 7.87. The van der Waals surface area contributed by atoms with Crippen molar-refractivity contribution < 1.29 is 9.53 Å². The molecule has 0 saturated carbocycles. The van der Waals surface area contributed by atoms with Crippen molar-refractivity contribution in [2.45, 2.75) is 31.6 Å². The van der Waals surface area contributed by atoms with E-state index >= 15 is 0 Å². The molecule has 0 fully saturated rings. The Kier molecular flexibility index (Phi) is 5.86. The van der Waals surface area contributed by atoms with E-state index in [1.54, 1.807) is 7.11 Å². The van der Waals surface area contributed by atoms with Crippen LogP contribution in [0.2, 0.25) is 0 Å². The minimum atomic E-state index is -0.373. The van der Waals surface area contributed by atoms with Gasteiger partial charge in [0.1, 0.15) is 5.75 Å². The largest absolute Gasteiger partial charge is 0.495 e. The number of nitrogens with zero attached hydrogens (tertiary/aromatic N) is 3. The van der Waals surface area contributed by atoms with E-state index in [1.807, 2.05) is 42.7 Å². The van der Waals surface area contributed by atoms with Gasteiger partial charge >= 0.3 is 0 Å². The molecular weight excluding hydrogens is 314 g/mol. The Morgan fingerprint density at radius 1 is 1.43 bits per heavy atom. The van der Waals surface area contributed by atoms with E-state index in [0.717, 1.165) is 17.3 Å². The summed E-state index contributed by atoms with van der Waals surface area (Å²) in [6.07, 6.45) is 0. The third-order valence-electron chi connectivity index (χ3n) is 3.27. The summed E-state index contributed by atoms with van der Waals surface area (Å²) in [6.45, 7) is 4.73. The number of methoxy groups -OCH3 is 1. The molecule has 0 saturated heterocycles. The normalized spacial score (nSPS) is 12.0. The topological polar surface area (TPSA) is 95.1 Å². The van der Waals surface area contributed by atoms with Gasteiger partial charge in [-0.15, -0.1) is 10.2 Å². The summed E-state index contributed by atoms with van der Waals surface area (Å²) in [5.41, 5.74) is 6.08. The molecule has 8 heteroatoms. The van der Waals surface area contributed by atoms with Crippen molar-refractivity contribution in [2.75, 3.05) is 18.2 Å². The second-order valence-electron chi connectivity index (χ2n) is 4.91. The minimum absolute atomic E-state index is 0.0679. The molecule has 1 amide bonds. The van der Waals surface area contributed by atoms with Crippen molar-refractivity contribution in [3.05, 3.63) is 30.1 Å². The lowest BCUT2D eigenvalue weighted by Gasteiger charge is -2.17. The van der Waals surface area contributed by atoms with Crippen LogP contribution in [0, 0.1) is 0 Å². The molecule has 1 aromatic carbocycles. The van der Waals surface area contributed by atoms with Crippen LogP contribution in [0.4, 0.5) is 5.69 Å². The number of hydrogen-bond donors (Lipinski definition) is 2. The van der Waals surface area contributed by atoms with E-state index in [-0.39, 0.29) is 17.7 Å². The van der Waals surface area contributed by atoms with E-state index in [0.29, 0.717) is 11.7 Å². The summed E-state index contributed by atoms with van der Waals surface area (Å²) < 4.78 is 7.32. The Morgan fingerprint density at radius 3 is 2.83 bits per heavy atom. The highest BCUT2D eigenvalue weighted by Gasteiger charge is 2.18. The third kappa shape index (κ3) is 4.16. The first-order chi connectivity index (χ1) is 11.1. The van der Waals surface area contributed by atoms with Crippen LogP contribution in [0.1, 0.15) is 25.7 Å². The molecule has 7 nitrogen and oxygen atoms in total. The minimum Gasteiger partial charge on any atom is -0.495 e. The monoisotopic (exact) mass is 335 g/mol. The number of nitrogens with two attached hydrogens (primary N) is 1. The summed E-state index contributed by atoms with van der Waals surface area (Å²) in [5, 5.41) is 12.5. The van der Waals surface area contributed by atoms with Gasteiger partial charge in [-0.25, -0.2) is 0 Å². The van der Waals surface area contributed by atoms with Gasteiger partial charge in [0.05, 0.1) is 24.6 Å². The smallest absolute Gasteiger partial charge is 0.227 e. The maximum atomic E-state index is 10.9. The molecule has 0 aliphatic rings. The number of amides is 1. The summed E-state index contributed by atoms with van der Waals surface area (Å²) in [6, 6.07) is 7.64. The molecule has 0 spiro atoms. The highest BCUT2D eigenvalue weighted by atomic mass is 32.2. The number of aromatic nitrogens is 3. The molecule has 0 aliphatic carbocycles. The van der Waals surface area contributed by atoms with Crippen LogP contribution in [-0.4, -0.2) is 33.5 Å². The fraction of sp³-hybridized carbons (Fsp3) is 0.400. The van der Waals surface area contributed by atoms with E-state index in [9.17, 15) is 4.79 Å². The van der Waals surface area contributed by atoms with Gasteiger partial charge in [-0.05, 0) is 26.0 Å². The average Bonchev–Trinajstić information content (AvgIpc) is 2.96. The van der Waals surface area contributed by atoms with Gasteiger partial charge < -0.3 is 20.4 Å². The van der Waals surface area contributed by atoms with Crippen molar-refractivity contribution >= 4 is 23.4 Å². The quantitative estimate of drug-likeness (QED) is 0.717. The van der Waals surface area contributed by atoms with Gasteiger partial charge in [0.2, 0.25) is 5.91 Å². The lowest BCUT2D eigenvalue weighted by Crippen LogP contribution is -2.16. The molecule has 23 heavy (non-hydrogen) atoms. The van der Waals surface area contributed by atoms with Crippen LogP contribution in [0.15, 0.2) is 29.4 Å². The lowest BCUT2D eigenvalue weighted by atomic mass is 10.2. The highest BCUT2D eigenvalue weighted by molar-refractivity contribution is 7.99. The second-order valence-corrected chi connectivity index (χ2v) is 5.85. The van der Waals surface area contributed by atoms with Crippen molar-refractivity contribution in [1.29, 1.82) is 0 Å². The van der Waals surface area contributed by atoms with Gasteiger partial charge in [-0.1, -0.05) is 23.9 Å². The van der Waals surface area contributed by atoms with Crippen LogP contribution in [0.5, 0.6) is 5.75 Å². The molecule has 1 atom stereocenters. The first kappa shape index (κ1) is 17.1. The zero-order chi connectivity index (χ0) is 16.8. The number of benzene rings is 1. The van der Waals surface area contributed by atoms with Crippen LogP contribution in [0.25, 0.3) is 0 Å². The highest BCUT2D eigenvalue weighted by Crippen LogP contribution is 2.28. The number of rotatable bonds is 8.